The Morgan fingerprint density at radius 1 is 1.14 bits per heavy atom. The molecule has 1 heterocycles. The molecule has 2 nitrogen and oxygen atoms in total. The third kappa shape index (κ3) is 1.26. The summed E-state index contributed by atoms with van der Waals surface area (Å²) in [5.74, 6) is 0.692. The molecule has 0 spiro atoms. The fourth-order valence-corrected chi connectivity index (χ4v) is 2.70. The fraction of sp³-hybridized carbons (Fsp3) is 0.500. The van der Waals surface area contributed by atoms with Gasteiger partial charge in [0.15, 0.2) is 0 Å². The lowest BCUT2D eigenvalue weighted by atomic mass is 9.93. The Morgan fingerprint density at radius 2 is 2.00 bits per heavy atom. The van der Waals surface area contributed by atoms with Crippen molar-refractivity contribution in [1.29, 1.82) is 0 Å². The van der Waals surface area contributed by atoms with Crippen LogP contribution in [0.2, 0.25) is 0 Å². The van der Waals surface area contributed by atoms with Crippen LogP contribution in [0.4, 0.5) is 0 Å². The lowest BCUT2D eigenvalue weighted by Gasteiger charge is -2.14. The molecule has 1 aromatic rings. The summed E-state index contributed by atoms with van der Waals surface area (Å²) >= 11 is 0. The van der Waals surface area contributed by atoms with Gasteiger partial charge in [-0.05, 0) is 18.4 Å². The Morgan fingerprint density at radius 3 is 2.86 bits per heavy atom. The average molecular weight is 189 g/mol. The van der Waals surface area contributed by atoms with Crippen LogP contribution in [0.3, 0.4) is 0 Å². The van der Waals surface area contributed by atoms with Crippen LogP contribution in [0.5, 0.6) is 0 Å². The summed E-state index contributed by atoms with van der Waals surface area (Å²) < 4.78 is 0. The second-order valence-electron chi connectivity index (χ2n) is 4.27. The third-order valence-corrected chi connectivity index (χ3v) is 3.43. The molecular weight excluding hydrogens is 174 g/mol. The number of rotatable bonds is 1. The zero-order valence-electron chi connectivity index (χ0n) is 8.15. The van der Waals surface area contributed by atoms with E-state index in [2.05, 4.69) is 35.8 Å². The van der Waals surface area contributed by atoms with Gasteiger partial charge < -0.3 is 0 Å². The van der Waals surface area contributed by atoms with Crippen molar-refractivity contribution in [2.45, 2.75) is 31.4 Å². The van der Waals surface area contributed by atoms with E-state index < -0.39 is 0 Å². The largest absolute Gasteiger partial charge is 0.293 e. The fourth-order valence-electron chi connectivity index (χ4n) is 2.70. The Bertz CT molecular complexity index is 311. The summed E-state index contributed by atoms with van der Waals surface area (Å²) in [6, 6.07) is 11.1. The van der Waals surface area contributed by atoms with E-state index in [1.54, 1.807) is 0 Å². The van der Waals surface area contributed by atoms with Crippen molar-refractivity contribution < 1.29 is 4.84 Å². The predicted molar refractivity (Wildman–Crippen MR) is 54.5 cm³/mol. The number of hydrogen-bond donors (Lipinski definition) is 1. The van der Waals surface area contributed by atoms with Gasteiger partial charge in [0, 0.05) is 12.0 Å². The van der Waals surface area contributed by atoms with E-state index in [0.717, 1.165) is 0 Å². The molecule has 3 rings (SSSR count). The Kier molecular flexibility index (Phi) is 2.03. The van der Waals surface area contributed by atoms with Gasteiger partial charge in [0.25, 0.3) is 0 Å². The molecule has 1 saturated carbocycles. The second-order valence-corrected chi connectivity index (χ2v) is 4.27. The minimum absolute atomic E-state index is 0.281. The molecule has 2 heteroatoms. The maximum Gasteiger partial charge on any atom is 0.108 e. The summed E-state index contributed by atoms with van der Waals surface area (Å²) in [6.45, 7) is 0. The van der Waals surface area contributed by atoms with Crippen molar-refractivity contribution in [1.82, 2.24) is 5.48 Å². The smallest absolute Gasteiger partial charge is 0.108 e. The number of fused-ring (bicyclic) bond motifs is 1. The quantitative estimate of drug-likeness (QED) is 0.732. The topological polar surface area (TPSA) is 21.3 Å². The molecule has 0 bridgehead atoms. The van der Waals surface area contributed by atoms with Gasteiger partial charge in [-0.3, -0.25) is 4.84 Å². The van der Waals surface area contributed by atoms with Crippen LogP contribution in [0.1, 0.15) is 30.9 Å². The number of hydroxylamine groups is 1. The molecule has 14 heavy (non-hydrogen) atoms. The van der Waals surface area contributed by atoms with Crippen LogP contribution < -0.4 is 5.48 Å². The summed E-state index contributed by atoms with van der Waals surface area (Å²) in [7, 11) is 0. The molecule has 1 N–H and O–H groups in total. The number of benzene rings is 1. The molecular formula is C12H15NO. The summed E-state index contributed by atoms with van der Waals surface area (Å²) in [5.41, 5.74) is 4.48. The molecule has 74 valence electrons. The maximum absolute atomic E-state index is 5.66. The van der Waals surface area contributed by atoms with Crippen molar-refractivity contribution in [3.8, 4) is 0 Å². The highest BCUT2D eigenvalue weighted by atomic mass is 16.7. The summed E-state index contributed by atoms with van der Waals surface area (Å²) in [5, 5.41) is 0. The minimum Gasteiger partial charge on any atom is -0.293 e. The lowest BCUT2D eigenvalue weighted by Crippen LogP contribution is -2.20. The molecule has 0 unspecified atom stereocenters. The first-order valence-corrected chi connectivity index (χ1v) is 5.41. The molecule has 1 aliphatic carbocycles. The summed E-state index contributed by atoms with van der Waals surface area (Å²) in [4.78, 5) is 5.66. The van der Waals surface area contributed by atoms with Crippen molar-refractivity contribution in [3.63, 3.8) is 0 Å². The summed E-state index contributed by atoms with van der Waals surface area (Å²) in [6.07, 6.45) is 4.20. The Labute approximate surface area is 84.2 Å². The van der Waals surface area contributed by atoms with E-state index in [4.69, 9.17) is 4.84 Å². The van der Waals surface area contributed by atoms with Crippen LogP contribution in [0.25, 0.3) is 0 Å². The molecule has 2 fully saturated rings. The van der Waals surface area contributed by atoms with Gasteiger partial charge in [-0.2, -0.15) is 5.48 Å². The van der Waals surface area contributed by atoms with Gasteiger partial charge in [0.2, 0.25) is 0 Å². The molecule has 0 aromatic heterocycles. The van der Waals surface area contributed by atoms with Gasteiger partial charge >= 0.3 is 0 Å². The van der Waals surface area contributed by atoms with E-state index in [1.807, 2.05) is 0 Å². The van der Waals surface area contributed by atoms with Gasteiger partial charge in [-0.15, -0.1) is 0 Å². The number of nitrogens with one attached hydrogen (secondary N) is 1. The van der Waals surface area contributed by atoms with Crippen molar-refractivity contribution in [2.75, 3.05) is 0 Å². The minimum atomic E-state index is 0.281. The van der Waals surface area contributed by atoms with Crippen LogP contribution in [0.15, 0.2) is 30.3 Å². The van der Waals surface area contributed by atoms with E-state index in [-0.39, 0.29) is 6.10 Å². The molecule has 1 aliphatic heterocycles. The highest BCUT2D eigenvalue weighted by Gasteiger charge is 2.40. The molecule has 3 atom stereocenters. The first-order valence-electron chi connectivity index (χ1n) is 5.41. The van der Waals surface area contributed by atoms with Crippen LogP contribution >= 0.6 is 0 Å². The normalized spacial score (nSPS) is 35.9. The highest BCUT2D eigenvalue weighted by molar-refractivity contribution is 5.20. The zero-order chi connectivity index (χ0) is 9.38. The van der Waals surface area contributed by atoms with E-state index in [0.29, 0.717) is 12.0 Å². The number of hydrogen-bond acceptors (Lipinski definition) is 2. The van der Waals surface area contributed by atoms with Crippen molar-refractivity contribution in [3.05, 3.63) is 35.9 Å². The molecule has 2 aliphatic rings. The molecule has 0 radical (unpaired) electrons. The van der Waals surface area contributed by atoms with Gasteiger partial charge in [0.1, 0.15) is 6.10 Å². The molecule has 1 aromatic carbocycles. The van der Waals surface area contributed by atoms with Gasteiger partial charge in [-0.25, -0.2) is 0 Å². The van der Waals surface area contributed by atoms with E-state index >= 15 is 0 Å². The third-order valence-electron chi connectivity index (χ3n) is 3.43. The SMILES string of the molecule is c1ccc([C@@H]2ON[C@@H]3CCC[C@@H]32)cc1. The van der Waals surface area contributed by atoms with Gasteiger partial charge in [0.05, 0.1) is 0 Å². The van der Waals surface area contributed by atoms with Crippen LogP contribution in [-0.4, -0.2) is 6.04 Å². The van der Waals surface area contributed by atoms with E-state index in [9.17, 15) is 0 Å². The highest BCUT2D eigenvalue weighted by Crippen LogP contribution is 2.42. The second kappa shape index (κ2) is 3.37. The zero-order valence-corrected chi connectivity index (χ0v) is 8.15. The average Bonchev–Trinajstić information content (AvgIpc) is 2.79. The van der Waals surface area contributed by atoms with Gasteiger partial charge in [-0.1, -0.05) is 36.8 Å². The van der Waals surface area contributed by atoms with Crippen molar-refractivity contribution in [2.24, 2.45) is 5.92 Å². The monoisotopic (exact) mass is 189 g/mol. The maximum atomic E-state index is 5.66. The van der Waals surface area contributed by atoms with Crippen LogP contribution in [0, 0.1) is 5.92 Å². The first kappa shape index (κ1) is 8.45. The lowest BCUT2D eigenvalue weighted by molar-refractivity contribution is 0.0129. The Balaban J connectivity index is 1.86. The standard InChI is InChI=1S/C12H15NO/c1-2-5-9(6-3-1)12-10-7-4-8-11(10)13-14-12/h1-3,5-6,10-13H,4,7-8H2/t10-,11+,12-/m0/s1. The predicted octanol–water partition coefficient (Wildman–Crippen LogP) is 2.43. The Hall–Kier alpha value is -0.860. The molecule has 0 amide bonds. The molecule has 1 saturated heterocycles. The van der Waals surface area contributed by atoms with Crippen LogP contribution in [-0.2, 0) is 4.84 Å². The first-order chi connectivity index (χ1) is 6.95. The van der Waals surface area contributed by atoms with Crippen molar-refractivity contribution >= 4 is 0 Å². The van der Waals surface area contributed by atoms with E-state index in [1.165, 1.54) is 24.8 Å².